The zero-order chi connectivity index (χ0) is 10.5. The van der Waals surface area contributed by atoms with E-state index in [9.17, 15) is 9.36 Å². The van der Waals surface area contributed by atoms with Crippen molar-refractivity contribution in [2.45, 2.75) is 25.9 Å². The van der Waals surface area contributed by atoms with Crippen LogP contribution in [0.4, 0.5) is 0 Å². The molecule has 0 aliphatic rings. The monoisotopic (exact) mass is 212 g/mol. The van der Waals surface area contributed by atoms with Gasteiger partial charge in [0.25, 0.3) is 0 Å². The number of hydrogen-bond donors (Lipinski definition) is 3. The van der Waals surface area contributed by atoms with Gasteiger partial charge in [0, 0.05) is 6.42 Å². The van der Waals surface area contributed by atoms with E-state index in [0.29, 0.717) is 6.42 Å². The van der Waals surface area contributed by atoms with Gasteiger partial charge in [-0.2, -0.15) is 0 Å². The zero-order valence-electron chi connectivity index (χ0n) is 7.21. The average Bonchev–Trinajstić information content (AvgIpc) is 1.99. The number of hydrogen-bond acceptors (Lipinski definition) is 4. The number of phosphoric acid groups is 1. The highest BCUT2D eigenvalue weighted by atomic mass is 31.2. The minimum Gasteiger partial charge on any atom is -0.383 e. The molecule has 6 nitrogen and oxygen atoms in total. The van der Waals surface area contributed by atoms with E-state index in [1.807, 2.05) is 0 Å². The molecule has 0 rings (SSSR count). The van der Waals surface area contributed by atoms with Crippen LogP contribution in [0.15, 0.2) is 0 Å². The number of phosphoric ester groups is 1. The first-order valence-electron chi connectivity index (χ1n) is 3.77. The van der Waals surface area contributed by atoms with Crippen molar-refractivity contribution in [1.82, 2.24) is 0 Å². The maximum absolute atomic E-state index is 10.9. The van der Waals surface area contributed by atoms with E-state index in [4.69, 9.17) is 14.9 Å². The fourth-order valence-corrected chi connectivity index (χ4v) is 1.01. The van der Waals surface area contributed by atoms with Crippen molar-refractivity contribution in [1.29, 1.82) is 0 Å². The standard InChI is InChI=1S/C6H13O6P/c1-2-3-5(7)6(8)4-12-13(9,10)11/h6,8H,2-4H2,1H3,(H2,9,10,11). The summed E-state index contributed by atoms with van der Waals surface area (Å²) in [5.41, 5.74) is 0. The van der Waals surface area contributed by atoms with Gasteiger partial charge >= 0.3 is 7.82 Å². The fourth-order valence-electron chi connectivity index (χ4n) is 0.674. The Morgan fingerprint density at radius 2 is 2.08 bits per heavy atom. The zero-order valence-corrected chi connectivity index (χ0v) is 8.11. The molecule has 0 amide bonds. The lowest BCUT2D eigenvalue weighted by Crippen LogP contribution is -2.25. The number of rotatable bonds is 6. The van der Waals surface area contributed by atoms with Gasteiger partial charge in [0.05, 0.1) is 6.61 Å². The summed E-state index contributed by atoms with van der Waals surface area (Å²) in [7, 11) is -4.59. The molecular weight excluding hydrogens is 199 g/mol. The Morgan fingerprint density at radius 3 is 2.46 bits per heavy atom. The van der Waals surface area contributed by atoms with E-state index in [1.165, 1.54) is 0 Å². The third-order valence-electron chi connectivity index (χ3n) is 1.27. The van der Waals surface area contributed by atoms with Gasteiger partial charge in [0.1, 0.15) is 6.10 Å². The predicted octanol–water partition coefficient (Wildman–Crippen LogP) is -0.174. The summed E-state index contributed by atoms with van der Waals surface area (Å²) >= 11 is 0. The molecule has 78 valence electrons. The lowest BCUT2D eigenvalue weighted by atomic mass is 10.1. The van der Waals surface area contributed by atoms with Crippen LogP contribution in [0.3, 0.4) is 0 Å². The van der Waals surface area contributed by atoms with Gasteiger partial charge in [-0.1, -0.05) is 6.92 Å². The smallest absolute Gasteiger partial charge is 0.383 e. The normalized spacial score (nSPS) is 14.2. The molecule has 0 aromatic carbocycles. The van der Waals surface area contributed by atoms with Crippen LogP contribution >= 0.6 is 7.82 Å². The van der Waals surface area contributed by atoms with Crippen LogP contribution in [-0.2, 0) is 13.9 Å². The molecule has 0 aliphatic carbocycles. The number of aliphatic hydroxyl groups excluding tert-OH is 1. The third kappa shape index (κ3) is 6.86. The summed E-state index contributed by atoms with van der Waals surface area (Å²) in [6.45, 7) is 1.09. The Labute approximate surface area is 75.8 Å². The molecule has 0 spiro atoms. The Bertz CT molecular complexity index is 209. The van der Waals surface area contributed by atoms with E-state index in [-0.39, 0.29) is 6.42 Å². The molecule has 3 N–H and O–H groups in total. The van der Waals surface area contributed by atoms with Crippen LogP contribution in [0.2, 0.25) is 0 Å². The molecule has 0 aromatic heterocycles. The second-order valence-electron chi connectivity index (χ2n) is 2.52. The Hall–Kier alpha value is -0.260. The number of carbonyl (C=O) groups excluding carboxylic acids is 1. The van der Waals surface area contributed by atoms with Crippen LogP contribution in [-0.4, -0.2) is 33.4 Å². The SMILES string of the molecule is CCCC(=O)C(O)COP(=O)(O)O. The van der Waals surface area contributed by atoms with E-state index >= 15 is 0 Å². The van der Waals surface area contributed by atoms with Crippen LogP contribution in [0.25, 0.3) is 0 Å². The number of ketones is 1. The molecule has 7 heteroatoms. The average molecular weight is 212 g/mol. The fraction of sp³-hybridized carbons (Fsp3) is 0.833. The minimum atomic E-state index is -4.59. The summed E-state index contributed by atoms with van der Waals surface area (Å²) in [5.74, 6) is -0.476. The summed E-state index contributed by atoms with van der Waals surface area (Å²) in [4.78, 5) is 27.4. The lowest BCUT2D eigenvalue weighted by molar-refractivity contribution is -0.128. The van der Waals surface area contributed by atoms with Gasteiger partial charge in [0.2, 0.25) is 0 Å². The van der Waals surface area contributed by atoms with Crippen LogP contribution < -0.4 is 0 Å². The van der Waals surface area contributed by atoms with Crippen LogP contribution in [0.5, 0.6) is 0 Å². The molecule has 1 unspecified atom stereocenters. The van der Waals surface area contributed by atoms with Crippen LogP contribution in [0.1, 0.15) is 19.8 Å². The molecule has 13 heavy (non-hydrogen) atoms. The molecule has 0 fully saturated rings. The Morgan fingerprint density at radius 1 is 1.54 bits per heavy atom. The topological polar surface area (TPSA) is 104 Å². The van der Waals surface area contributed by atoms with Crippen molar-refractivity contribution in [2.75, 3.05) is 6.61 Å². The van der Waals surface area contributed by atoms with Crippen molar-refractivity contribution in [3.8, 4) is 0 Å². The van der Waals surface area contributed by atoms with Crippen molar-refractivity contribution in [2.24, 2.45) is 0 Å². The molecule has 0 aromatic rings. The van der Waals surface area contributed by atoms with Crippen LogP contribution in [0, 0.1) is 0 Å². The largest absolute Gasteiger partial charge is 0.469 e. The second-order valence-corrected chi connectivity index (χ2v) is 3.76. The highest BCUT2D eigenvalue weighted by molar-refractivity contribution is 7.46. The number of aliphatic hydroxyl groups is 1. The molecular formula is C6H13O6P. The highest BCUT2D eigenvalue weighted by Gasteiger charge is 2.20. The summed E-state index contributed by atoms with van der Waals surface area (Å²) < 4.78 is 14.1. The van der Waals surface area contributed by atoms with E-state index < -0.39 is 26.3 Å². The molecule has 0 radical (unpaired) electrons. The van der Waals surface area contributed by atoms with E-state index in [1.54, 1.807) is 6.92 Å². The predicted molar refractivity (Wildman–Crippen MR) is 43.9 cm³/mol. The van der Waals surface area contributed by atoms with Crippen molar-refractivity contribution in [3.05, 3.63) is 0 Å². The summed E-state index contributed by atoms with van der Waals surface area (Å²) in [6.07, 6.45) is -0.704. The first-order chi connectivity index (χ1) is 5.87. The van der Waals surface area contributed by atoms with Gasteiger partial charge < -0.3 is 14.9 Å². The van der Waals surface area contributed by atoms with Gasteiger partial charge in [-0.25, -0.2) is 4.57 Å². The van der Waals surface area contributed by atoms with Crippen molar-refractivity contribution < 1.29 is 28.8 Å². The molecule has 1 atom stereocenters. The van der Waals surface area contributed by atoms with Gasteiger partial charge in [-0.15, -0.1) is 0 Å². The van der Waals surface area contributed by atoms with Crippen molar-refractivity contribution in [3.63, 3.8) is 0 Å². The maximum Gasteiger partial charge on any atom is 0.469 e. The second kappa shape index (κ2) is 5.47. The summed E-state index contributed by atoms with van der Waals surface area (Å²) in [6, 6.07) is 0. The number of carbonyl (C=O) groups is 1. The van der Waals surface area contributed by atoms with Gasteiger partial charge in [-0.05, 0) is 6.42 Å². The quantitative estimate of drug-likeness (QED) is 0.528. The molecule has 0 saturated carbocycles. The molecule has 0 aliphatic heterocycles. The molecule has 0 saturated heterocycles. The number of Topliss-reactive ketones (excluding diaryl/α,β-unsaturated/α-hetero) is 1. The van der Waals surface area contributed by atoms with Gasteiger partial charge in [-0.3, -0.25) is 9.32 Å². The summed E-state index contributed by atoms with van der Waals surface area (Å²) in [5, 5.41) is 8.99. The van der Waals surface area contributed by atoms with Crippen molar-refractivity contribution >= 4 is 13.6 Å². The minimum absolute atomic E-state index is 0.172. The highest BCUT2D eigenvalue weighted by Crippen LogP contribution is 2.35. The van der Waals surface area contributed by atoms with Gasteiger partial charge in [0.15, 0.2) is 5.78 Å². The lowest BCUT2D eigenvalue weighted by Gasteiger charge is -2.09. The Balaban J connectivity index is 3.81. The Kier molecular flexibility index (Phi) is 5.36. The first-order valence-corrected chi connectivity index (χ1v) is 5.30. The van der Waals surface area contributed by atoms with E-state index in [0.717, 1.165) is 0 Å². The first kappa shape index (κ1) is 12.7. The molecule has 0 bridgehead atoms. The third-order valence-corrected chi connectivity index (χ3v) is 1.75. The maximum atomic E-state index is 10.9. The molecule has 0 heterocycles. The van der Waals surface area contributed by atoms with E-state index in [2.05, 4.69) is 4.52 Å².